The summed E-state index contributed by atoms with van der Waals surface area (Å²) in [6.45, 7) is 13.8. The molecule has 0 aromatic heterocycles. The van der Waals surface area contributed by atoms with Gasteiger partial charge in [0.2, 0.25) is 0 Å². The molecule has 0 aliphatic carbocycles. The molecule has 0 fully saturated rings. The van der Waals surface area contributed by atoms with Crippen molar-refractivity contribution in [2.24, 2.45) is 17.8 Å². The number of rotatable bonds is 11. The number of ether oxygens (including phenoxy) is 1. The number of carbonyl (C=O) groups excluding carboxylic acids is 1. The maximum absolute atomic E-state index is 12.4. The molecule has 0 saturated carbocycles. The van der Waals surface area contributed by atoms with Gasteiger partial charge >= 0.3 is 11.9 Å². The lowest BCUT2D eigenvalue weighted by Crippen LogP contribution is -2.24. The average Bonchev–Trinajstić information content (AvgIpc) is 2.86. The van der Waals surface area contributed by atoms with Crippen molar-refractivity contribution < 1.29 is 29.6 Å². The van der Waals surface area contributed by atoms with E-state index in [1.54, 1.807) is 12.2 Å². The van der Waals surface area contributed by atoms with Gasteiger partial charge in [-0.25, -0.2) is 4.79 Å². The Morgan fingerprint density at radius 3 is 2.38 bits per heavy atom. The summed E-state index contributed by atoms with van der Waals surface area (Å²) in [6.07, 6.45) is 17.6. The molecule has 6 nitrogen and oxygen atoms in total. The normalized spacial score (nSPS) is 25.2. The van der Waals surface area contributed by atoms with E-state index >= 15 is 0 Å². The molecule has 3 N–H and O–H groups in total. The molecule has 0 amide bonds. The summed E-state index contributed by atoms with van der Waals surface area (Å²) in [6, 6.07) is 0. The highest BCUT2D eigenvalue weighted by Gasteiger charge is 2.27. The second-order valence-electron chi connectivity index (χ2n) is 11.5. The van der Waals surface area contributed by atoms with Crippen molar-refractivity contribution in [1.82, 2.24) is 0 Å². The van der Waals surface area contributed by atoms with E-state index in [2.05, 4.69) is 19.1 Å². The van der Waals surface area contributed by atoms with E-state index in [1.165, 1.54) is 0 Å². The van der Waals surface area contributed by atoms with Crippen molar-refractivity contribution >= 4 is 11.9 Å². The van der Waals surface area contributed by atoms with Gasteiger partial charge < -0.3 is 20.1 Å². The van der Waals surface area contributed by atoms with Crippen LogP contribution >= 0.6 is 0 Å². The number of hydrogen-bond donors (Lipinski definition) is 3. The quantitative estimate of drug-likeness (QED) is 0.107. The Labute approximate surface area is 241 Å². The number of hydrogen-bond acceptors (Lipinski definition) is 5. The number of aliphatic hydroxyl groups excluding tert-OH is 2. The van der Waals surface area contributed by atoms with Crippen molar-refractivity contribution in [3.05, 3.63) is 70.9 Å². The van der Waals surface area contributed by atoms with Crippen LogP contribution in [0.5, 0.6) is 0 Å². The molecule has 1 rings (SSSR count). The molecule has 0 bridgehead atoms. The fourth-order valence-corrected chi connectivity index (χ4v) is 4.88. The number of aliphatic hydroxyl groups is 2. The average molecular weight is 557 g/mol. The Kier molecular flexibility index (Phi) is 16.4. The molecular formula is C34H52O6. The van der Waals surface area contributed by atoms with Gasteiger partial charge in [-0.2, -0.15) is 0 Å². The highest BCUT2D eigenvalue weighted by Crippen LogP contribution is 2.31. The summed E-state index contributed by atoms with van der Waals surface area (Å²) in [7, 11) is 0. The van der Waals surface area contributed by atoms with Gasteiger partial charge in [-0.05, 0) is 70.3 Å². The number of allylic oxidation sites excluding steroid dienone is 9. The maximum Gasteiger partial charge on any atom is 0.331 e. The van der Waals surface area contributed by atoms with Gasteiger partial charge in [0.1, 0.15) is 6.10 Å². The van der Waals surface area contributed by atoms with Crippen LogP contribution in [0.4, 0.5) is 0 Å². The van der Waals surface area contributed by atoms with Crippen LogP contribution in [0.25, 0.3) is 0 Å². The maximum atomic E-state index is 12.4. The zero-order valence-corrected chi connectivity index (χ0v) is 25.6. The first-order valence-corrected chi connectivity index (χ1v) is 14.7. The van der Waals surface area contributed by atoms with Crippen LogP contribution in [0.3, 0.4) is 0 Å². The van der Waals surface area contributed by atoms with Gasteiger partial charge in [0.25, 0.3) is 0 Å². The van der Waals surface area contributed by atoms with E-state index in [4.69, 9.17) is 4.74 Å². The van der Waals surface area contributed by atoms with Gasteiger partial charge in [-0.3, -0.25) is 4.79 Å². The second kappa shape index (κ2) is 18.6. The van der Waals surface area contributed by atoms with Crippen molar-refractivity contribution in [2.75, 3.05) is 0 Å². The van der Waals surface area contributed by atoms with Gasteiger partial charge in [0.15, 0.2) is 0 Å². The van der Waals surface area contributed by atoms with Crippen LogP contribution < -0.4 is 0 Å². The highest BCUT2D eigenvalue weighted by molar-refractivity contribution is 5.88. The number of esters is 1. The summed E-state index contributed by atoms with van der Waals surface area (Å²) >= 11 is 0. The first kappa shape index (κ1) is 35.3. The van der Waals surface area contributed by atoms with E-state index in [1.807, 2.05) is 65.8 Å². The Bertz CT molecular complexity index is 994. The summed E-state index contributed by atoms with van der Waals surface area (Å²) in [5, 5.41) is 30.1. The molecule has 0 spiro atoms. The Balaban J connectivity index is 3.08. The number of aliphatic carboxylic acids is 1. The predicted molar refractivity (Wildman–Crippen MR) is 163 cm³/mol. The minimum absolute atomic E-state index is 0.111. The second-order valence-corrected chi connectivity index (χ2v) is 11.5. The summed E-state index contributed by atoms with van der Waals surface area (Å²) in [5.74, 6) is -0.996. The lowest BCUT2D eigenvalue weighted by molar-refractivity contribution is -0.151. The molecule has 6 heteroatoms. The van der Waals surface area contributed by atoms with Crippen LogP contribution in [0.1, 0.15) is 93.4 Å². The third-order valence-electron chi connectivity index (χ3n) is 7.27. The number of cyclic esters (lactones) is 1. The van der Waals surface area contributed by atoms with Gasteiger partial charge in [0.05, 0.1) is 12.2 Å². The zero-order valence-electron chi connectivity index (χ0n) is 25.6. The summed E-state index contributed by atoms with van der Waals surface area (Å²) < 4.78 is 5.68. The fourth-order valence-electron chi connectivity index (χ4n) is 4.88. The Morgan fingerprint density at radius 2 is 1.75 bits per heavy atom. The molecule has 1 aliphatic rings. The first-order chi connectivity index (χ1) is 18.8. The molecule has 1 aliphatic heterocycles. The standard InChI is InChI=1S/C34H52O6/c1-8-13-30(35)31(36)22-25(5)15-11-14-24(4)20-26(6)21-29(34(38)39)28-17-12-19-33(37)40-32(23(2)3)18-10-9-16-27(28)7/h9-11,14-15,20-23,27-28,30-32,35-36H,8,12-13,16-19H2,1-7H3,(H,38,39)/b10-9+,15-11+,24-14+,25-22+,26-20+,29-21+/t27-,28-,30+,31+,32+/m0/s1. The smallest absolute Gasteiger partial charge is 0.331 e. The minimum atomic E-state index is -0.936. The van der Waals surface area contributed by atoms with E-state index in [-0.39, 0.29) is 36.2 Å². The topological polar surface area (TPSA) is 104 Å². The molecule has 0 saturated heterocycles. The van der Waals surface area contributed by atoms with Crippen molar-refractivity contribution in [3.8, 4) is 0 Å². The van der Waals surface area contributed by atoms with Crippen molar-refractivity contribution in [3.63, 3.8) is 0 Å². The van der Waals surface area contributed by atoms with E-state index in [0.29, 0.717) is 31.3 Å². The summed E-state index contributed by atoms with van der Waals surface area (Å²) in [4.78, 5) is 24.8. The lowest BCUT2D eigenvalue weighted by atomic mass is 9.80. The molecule has 0 radical (unpaired) electrons. The number of carboxylic acids is 1. The molecule has 0 aromatic carbocycles. The predicted octanol–water partition coefficient (Wildman–Crippen LogP) is 7.25. The van der Waals surface area contributed by atoms with Gasteiger partial charge in [-0.1, -0.05) is 93.4 Å². The fraction of sp³-hybridized carbons (Fsp3) is 0.588. The van der Waals surface area contributed by atoms with Crippen LogP contribution in [0, 0.1) is 17.8 Å². The van der Waals surface area contributed by atoms with Crippen LogP contribution in [-0.4, -0.2) is 45.6 Å². The lowest BCUT2D eigenvalue weighted by Gasteiger charge is -2.26. The van der Waals surface area contributed by atoms with E-state index < -0.39 is 18.2 Å². The minimum Gasteiger partial charge on any atom is -0.478 e. The molecule has 224 valence electrons. The van der Waals surface area contributed by atoms with Crippen LogP contribution in [0.15, 0.2) is 70.9 Å². The zero-order chi connectivity index (χ0) is 30.2. The molecule has 5 atom stereocenters. The van der Waals surface area contributed by atoms with Crippen molar-refractivity contribution in [2.45, 2.75) is 112 Å². The Morgan fingerprint density at radius 1 is 1.07 bits per heavy atom. The van der Waals surface area contributed by atoms with E-state index in [9.17, 15) is 24.9 Å². The monoisotopic (exact) mass is 556 g/mol. The molecule has 1 heterocycles. The summed E-state index contributed by atoms with van der Waals surface area (Å²) in [5.41, 5.74) is 2.99. The highest BCUT2D eigenvalue weighted by atomic mass is 16.5. The number of carbonyl (C=O) groups is 2. The molecule has 40 heavy (non-hydrogen) atoms. The first-order valence-electron chi connectivity index (χ1n) is 14.7. The molecular weight excluding hydrogens is 504 g/mol. The number of carboxylic acid groups (broad SMARTS) is 1. The largest absolute Gasteiger partial charge is 0.478 e. The SMILES string of the molecule is CCC[C@@H](O)[C@H](O)/C=C(C)/C=C/C=C(C)/C=C(C)/C=C(/C(=O)O)[C@H]1CCCC(=O)O[C@@H](C(C)C)C/C=C/C[C@@H]1C. The van der Waals surface area contributed by atoms with Crippen LogP contribution in [-0.2, 0) is 14.3 Å². The van der Waals surface area contributed by atoms with E-state index in [0.717, 1.165) is 29.6 Å². The van der Waals surface area contributed by atoms with Gasteiger partial charge in [0, 0.05) is 18.4 Å². The third-order valence-corrected chi connectivity index (χ3v) is 7.27. The molecule has 0 unspecified atom stereocenters. The van der Waals surface area contributed by atoms with Crippen molar-refractivity contribution in [1.29, 1.82) is 0 Å². The van der Waals surface area contributed by atoms with Crippen LogP contribution in [0.2, 0.25) is 0 Å². The third kappa shape index (κ3) is 13.6. The molecule has 0 aromatic rings. The van der Waals surface area contributed by atoms with Gasteiger partial charge in [-0.15, -0.1) is 0 Å². The Hall–Kier alpha value is -2.70.